The lowest BCUT2D eigenvalue weighted by Gasteiger charge is -2.32. The number of nitrogens with zero attached hydrogens (tertiary/aromatic N) is 1. The predicted molar refractivity (Wildman–Crippen MR) is 66.6 cm³/mol. The van der Waals surface area contributed by atoms with Crippen LogP contribution in [0.5, 0.6) is 5.75 Å². The van der Waals surface area contributed by atoms with Gasteiger partial charge in [-0.05, 0) is 25.1 Å². The third kappa shape index (κ3) is 2.56. The Morgan fingerprint density at radius 1 is 1.38 bits per heavy atom. The highest BCUT2D eigenvalue weighted by molar-refractivity contribution is 9.10. The van der Waals surface area contributed by atoms with Crippen molar-refractivity contribution in [3.63, 3.8) is 0 Å². The summed E-state index contributed by atoms with van der Waals surface area (Å²) in [4.78, 5) is 2.32. The van der Waals surface area contributed by atoms with Crippen molar-refractivity contribution in [2.45, 2.75) is 13.0 Å². The molecular weight excluding hydrogens is 270 g/mol. The Morgan fingerprint density at radius 3 is 2.75 bits per heavy atom. The Morgan fingerprint density at radius 2 is 2.06 bits per heavy atom. The molecule has 88 valence electrons. The molecule has 1 unspecified atom stereocenters. The lowest BCUT2D eigenvalue weighted by atomic mass is 10.1. The molecule has 2 rings (SSSR count). The molecule has 0 saturated carbocycles. The maximum absolute atomic E-state index is 9.86. The minimum absolute atomic E-state index is 0.224. The van der Waals surface area contributed by atoms with E-state index in [1.165, 1.54) is 0 Å². The molecule has 1 N–H and O–H groups in total. The van der Waals surface area contributed by atoms with E-state index in [4.69, 9.17) is 4.74 Å². The summed E-state index contributed by atoms with van der Waals surface area (Å²) >= 11 is 3.43. The van der Waals surface area contributed by atoms with Crippen LogP contribution >= 0.6 is 15.9 Å². The monoisotopic (exact) mass is 285 g/mol. The van der Waals surface area contributed by atoms with Crippen LogP contribution in [-0.4, -0.2) is 36.3 Å². The molecule has 0 amide bonds. The summed E-state index contributed by atoms with van der Waals surface area (Å²) in [5.74, 6) is 0.363. The Balaban J connectivity index is 2.18. The standard InChI is InChI=1S/C12H16BrNO2/c1-9(14-4-6-16-7-5-14)11-8-10(13)2-3-12(11)15/h2-3,8-9,15H,4-7H2,1H3. The first kappa shape index (κ1) is 11.9. The fourth-order valence-electron chi connectivity index (χ4n) is 2.02. The Bertz CT molecular complexity index is 364. The molecule has 3 nitrogen and oxygen atoms in total. The average Bonchev–Trinajstić information content (AvgIpc) is 2.32. The van der Waals surface area contributed by atoms with Crippen molar-refractivity contribution < 1.29 is 9.84 Å². The normalized spacial score (nSPS) is 19.6. The number of phenols is 1. The maximum atomic E-state index is 9.86. The Kier molecular flexibility index (Phi) is 3.84. The lowest BCUT2D eigenvalue weighted by molar-refractivity contribution is 0.0194. The molecular formula is C12H16BrNO2. The molecule has 1 aliphatic rings. The molecule has 0 bridgehead atoms. The lowest BCUT2D eigenvalue weighted by Crippen LogP contribution is -2.38. The number of aromatic hydroxyl groups is 1. The summed E-state index contributed by atoms with van der Waals surface area (Å²) < 4.78 is 6.33. The van der Waals surface area contributed by atoms with Crippen molar-refractivity contribution in [2.75, 3.05) is 26.3 Å². The number of hydrogen-bond acceptors (Lipinski definition) is 3. The summed E-state index contributed by atoms with van der Waals surface area (Å²) in [5.41, 5.74) is 0.969. The molecule has 1 heterocycles. The third-order valence-corrected chi connectivity index (χ3v) is 3.53. The van der Waals surface area contributed by atoms with E-state index < -0.39 is 0 Å². The van der Waals surface area contributed by atoms with Gasteiger partial charge in [0.1, 0.15) is 5.75 Å². The SMILES string of the molecule is CC(c1cc(Br)ccc1O)N1CCOCC1. The minimum atomic E-state index is 0.224. The highest BCUT2D eigenvalue weighted by Gasteiger charge is 2.20. The van der Waals surface area contributed by atoms with Gasteiger partial charge in [-0.2, -0.15) is 0 Å². The number of ether oxygens (including phenoxy) is 1. The second-order valence-corrected chi connectivity index (χ2v) is 4.94. The molecule has 1 aromatic rings. The van der Waals surface area contributed by atoms with Crippen LogP contribution in [0.2, 0.25) is 0 Å². The second kappa shape index (κ2) is 5.17. The van der Waals surface area contributed by atoms with Gasteiger partial charge in [0.2, 0.25) is 0 Å². The van der Waals surface area contributed by atoms with Gasteiger partial charge in [-0.25, -0.2) is 0 Å². The van der Waals surface area contributed by atoms with Crippen LogP contribution in [0.3, 0.4) is 0 Å². The van der Waals surface area contributed by atoms with E-state index in [2.05, 4.69) is 27.8 Å². The van der Waals surface area contributed by atoms with Gasteiger partial charge in [-0.15, -0.1) is 0 Å². The number of rotatable bonds is 2. The zero-order chi connectivity index (χ0) is 11.5. The van der Waals surface area contributed by atoms with E-state index in [-0.39, 0.29) is 6.04 Å². The van der Waals surface area contributed by atoms with Crippen LogP contribution in [0.15, 0.2) is 22.7 Å². The van der Waals surface area contributed by atoms with Crippen molar-refractivity contribution in [1.29, 1.82) is 0 Å². The number of halogens is 1. The number of benzene rings is 1. The topological polar surface area (TPSA) is 32.7 Å². The molecule has 4 heteroatoms. The summed E-state index contributed by atoms with van der Waals surface area (Å²) in [6.07, 6.45) is 0. The first-order valence-electron chi connectivity index (χ1n) is 5.48. The molecule has 0 spiro atoms. The van der Waals surface area contributed by atoms with Gasteiger partial charge in [0.05, 0.1) is 13.2 Å². The zero-order valence-electron chi connectivity index (χ0n) is 9.32. The fraction of sp³-hybridized carbons (Fsp3) is 0.500. The minimum Gasteiger partial charge on any atom is -0.508 e. The predicted octanol–water partition coefficient (Wildman–Crippen LogP) is 2.55. The second-order valence-electron chi connectivity index (χ2n) is 4.03. The van der Waals surface area contributed by atoms with Crippen LogP contribution in [0.25, 0.3) is 0 Å². The van der Waals surface area contributed by atoms with Crippen molar-refractivity contribution >= 4 is 15.9 Å². The van der Waals surface area contributed by atoms with Crippen LogP contribution < -0.4 is 0 Å². The molecule has 0 radical (unpaired) electrons. The first-order chi connectivity index (χ1) is 7.68. The fourth-order valence-corrected chi connectivity index (χ4v) is 2.40. The largest absolute Gasteiger partial charge is 0.508 e. The molecule has 0 aromatic heterocycles. The van der Waals surface area contributed by atoms with E-state index in [1.807, 2.05) is 12.1 Å². The average molecular weight is 286 g/mol. The number of hydrogen-bond donors (Lipinski definition) is 1. The maximum Gasteiger partial charge on any atom is 0.120 e. The van der Waals surface area contributed by atoms with E-state index in [0.717, 1.165) is 36.3 Å². The van der Waals surface area contributed by atoms with Crippen LogP contribution in [0.4, 0.5) is 0 Å². The molecule has 0 aliphatic carbocycles. The van der Waals surface area contributed by atoms with Crippen molar-refractivity contribution in [3.8, 4) is 5.75 Å². The molecule has 1 aliphatic heterocycles. The first-order valence-corrected chi connectivity index (χ1v) is 6.28. The molecule has 1 saturated heterocycles. The van der Waals surface area contributed by atoms with E-state index >= 15 is 0 Å². The Hall–Kier alpha value is -0.580. The highest BCUT2D eigenvalue weighted by Crippen LogP contribution is 2.31. The van der Waals surface area contributed by atoms with Gasteiger partial charge in [-0.1, -0.05) is 15.9 Å². The van der Waals surface area contributed by atoms with Crippen molar-refractivity contribution in [2.24, 2.45) is 0 Å². The van der Waals surface area contributed by atoms with E-state index in [0.29, 0.717) is 5.75 Å². The Labute approximate surface area is 104 Å². The third-order valence-electron chi connectivity index (χ3n) is 3.03. The number of morpholine rings is 1. The molecule has 1 fully saturated rings. The van der Waals surface area contributed by atoms with E-state index in [1.54, 1.807) is 6.07 Å². The van der Waals surface area contributed by atoms with Gasteiger partial charge in [0.25, 0.3) is 0 Å². The summed E-state index contributed by atoms with van der Waals surface area (Å²) in [5, 5.41) is 9.86. The quantitative estimate of drug-likeness (QED) is 0.907. The smallest absolute Gasteiger partial charge is 0.120 e. The van der Waals surface area contributed by atoms with Gasteiger partial charge in [-0.3, -0.25) is 4.90 Å². The zero-order valence-corrected chi connectivity index (χ0v) is 10.9. The van der Waals surface area contributed by atoms with E-state index in [9.17, 15) is 5.11 Å². The van der Waals surface area contributed by atoms with Crippen LogP contribution in [0.1, 0.15) is 18.5 Å². The van der Waals surface area contributed by atoms with Gasteiger partial charge in [0, 0.05) is 29.2 Å². The summed E-state index contributed by atoms with van der Waals surface area (Å²) in [6.45, 7) is 5.52. The van der Waals surface area contributed by atoms with Crippen LogP contribution in [0, 0.1) is 0 Å². The van der Waals surface area contributed by atoms with Gasteiger partial charge < -0.3 is 9.84 Å². The van der Waals surface area contributed by atoms with Gasteiger partial charge in [0.15, 0.2) is 0 Å². The van der Waals surface area contributed by atoms with Crippen molar-refractivity contribution in [3.05, 3.63) is 28.2 Å². The summed E-state index contributed by atoms with van der Waals surface area (Å²) in [6, 6.07) is 5.79. The van der Waals surface area contributed by atoms with Crippen LogP contribution in [-0.2, 0) is 4.74 Å². The molecule has 1 aromatic carbocycles. The molecule has 1 atom stereocenters. The van der Waals surface area contributed by atoms with Crippen molar-refractivity contribution in [1.82, 2.24) is 4.90 Å². The summed E-state index contributed by atoms with van der Waals surface area (Å²) in [7, 11) is 0. The molecule has 16 heavy (non-hydrogen) atoms. The number of phenolic OH excluding ortho intramolecular Hbond substituents is 1. The highest BCUT2D eigenvalue weighted by atomic mass is 79.9. The van der Waals surface area contributed by atoms with Gasteiger partial charge >= 0.3 is 0 Å².